The first-order chi connectivity index (χ1) is 11.5. The van der Waals surface area contributed by atoms with Crippen molar-refractivity contribution in [2.75, 3.05) is 5.32 Å². The highest BCUT2D eigenvalue weighted by Gasteiger charge is 2.07. The second-order valence-electron chi connectivity index (χ2n) is 5.35. The molecule has 0 aliphatic heterocycles. The third-order valence-electron chi connectivity index (χ3n) is 3.50. The number of carbonyl (C=O) groups is 1. The maximum Gasteiger partial charge on any atom is 0.222 e. The summed E-state index contributed by atoms with van der Waals surface area (Å²) in [6.07, 6.45) is 0.998. The summed E-state index contributed by atoms with van der Waals surface area (Å²) in [5, 5.41) is 14.7. The van der Waals surface area contributed by atoms with E-state index in [1.165, 1.54) is 12.5 Å². The molecular formula is C17H17N5OS. The monoisotopic (exact) mass is 339 g/mol. The van der Waals surface area contributed by atoms with Gasteiger partial charge in [-0.2, -0.15) is 4.80 Å². The lowest BCUT2D eigenvalue weighted by atomic mass is 10.2. The number of nitrogens with zero attached hydrogens (tertiary/aromatic N) is 3. The molecule has 0 bridgehead atoms. The Morgan fingerprint density at radius 2 is 1.83 bits per heavy atom. The summed E-state index contributed by atoms with van der Waals surface area (Å²) in [6.45, 7) is 3.53. The molecule has 0 unspecified atom stereocenters. The van der Waals surface area contributed by atoms with Gasteiger partial charge in [0, 0.05) is 12.6 Å². The van der Waals surface area contributed by atoms with Gasteiger partial charge in [0.25, 0.3) is 0 Å². The van der Waals surface area contributed by atoms with Gasteiger partial charge in [-0.15, -0.1) is 10.2 Å². The van der Waals surface area contributed by atoms with Crippen molar-refractivity contribution >= 4 is 40.0 Å². The molecule has 0 saturated carbocycles. The van der Waals surface area contributed by atoms with E-state index in [4.69, 9.17) is 12.2 Å². The summed E-state index contributed by atoms with van der Waals surface area (Å²) in [5.74, 6) is -0.213. The number of carbonyl (C=O) groups excluding carboxylic acids is 1. The van der Waals surface area contributed by atoms with Crippen LogP contribution in [0, 0.1) is 0 Å². The minimum Gasteiger partial charge on any atom is -0.332 e. The standard InChI is InChI=1S/C17H17N5OS/c1-3-12-4-7-14(8-5-12)22-20-15-9-6-13(10-16(15)21-22)19-17(24)18-11(2)23/h4-10H,3H2,1-2H3,(H2,18,19,23,24). The van der Waals surface area contributed by atoms with E-state index in [-0.39, 0.29) is 11.0 Å². The molecule has 0 spiro atoms. The first-order valence-electron chi connectivity index (χ1n) is 7.60. The molecule has 0 aliphatic carbocycles. The van der Waals surface area contributed by atoms with E-state index in [9.17, 15) is 4.79 Å². The molecule has 24 heavy (non-hydrogen) atoms. The van der Waals surface area contributed by atoms with Crippen molar-refractivity contribution in [2.45, 2.75) is 20.3 Å². The maximum atomic E-state index is 11.0. The Labute approximate surface area is 144 Å². The van der Waals surface area contributed by atoms with Crippen molar-refractivity contribution in [3.05, 3.63) is 48.0 Å². The normalized spacial score (nSPS) is 10.6. The van der Waals surface area contributed by atoms with Crippen LogP contribution >= 0.6 is 12.2 Å². The smallest absolute Gasteiger partial charge is 0.222 e. The number of rotatable bonds is 3. The number of anilines is 1. The Morgan fingerprint density at radius 3 is 2.50 bits per heavy atom. The number of aromatic nitrogens is 3. The summed E-state index contributed by atoms with van der Waals surface area (Å²) in [6, 6.07) is 13.7. The molecule has 6 nitrogen and oxygen atoms in total. The van der Waals surface area contributed by atoms with Gasteiger partial charge in [-0.1, -0.05) is 19.1 Å². The zero-order valence-corrected chi connectivity index (χ0v) is 14.2. The summed E-state index contributed by atoms with van der Waals surface area (Å²) in [4.78, 5) is 12.6. The fourth-order valence-electron chi connectivity index (χ4n) is 2.29. The Morgan fingerprint density at radius 1 is 1.12 bits per heavy atom. The highest BCUT2D eigenvalue weighted by molar-refractivity contribution is 7.80. The third-order valence-corrected chi connectivity index (χ3v) is 3.71. The minimum absolute atomic E-state index is 0.213. The summed E-state index contributed by atoms with van der Waals surface area (Å²) in [5.41, 5.74) is 4.45. The number of fused-ring (bicyclic) bond motifs is 1. The van der Waals surface area contributed by atoms with E-state index in [2.05, 4.69) is 39.9 Å². The Hall–Kier alpha value is -2.80. The highest BCUT2D eigenvalue weighted by Crippen LogP contribution is 2.18. The van der Waals surface area contributed by atoms with Crippen molar-refractivity contribution in [3.63, 3.8) is 0 Å². The number of thiocarbonyl (C=S) groups is 1. The van der Waals surface area contributed by atoms with Gasteiger partial charge in [-0.25, -0.2) is 0 Å². The third kappa shape index (κ3) is 3.57. The van der Waals surface area contributed by atoms with E-state index in [0.29, 0.717) is 0 Å². The molecule has 122 valence electrons. The van der Waals surface area contributed by atoms with Crippen LogP contribution in [0.3, 0.4) is 0 Å². The second kappa shape index (κ2) is 6.76. The van der Waals surface area contributed by atoms with Gasteiger partial charge in [-0.3, -0.25) is 4.79 Å². The molecule has 2 aromatic carbocycles. The summed E-state index contributed by atoms with van der Waals surface area (Å²) in [7, 11) is 0. The van der Waals surface area contributed by atoms with Crippen molar-refractivity contribution in [1.29, 1.82) is 0 Å². The van der Waals surface area contributed by atoms with Crippen LogP contribution < -0.4 is 10.6 Å². The SMILES string of the molecule is CCc1ccc(-n2nc3ccc(NC(=S)NC(C)=O)cc3n2)cc1. The lowest BCUT2D eigenvalue weighted by molar-refractivity contribution is -0.117. The van der Waals surface area contributed by atoms with E-state index >= 15 is 0 Å². The van der Waals surface area contributed by atoms with Crippen molar-refractivity contribution in [2.24, 2.45) is 0 Å². The quantitative estimate of drug-likeness (QED) is 0.718. The average molecular weight is 339 g/mol. The summed E-state index contributed by atoms with van der Waals surface area (Å²) >= 11 is 5.06. The van der Waals surface area contributed by atoms with Gasteiger partial charge in [0.2, 0.25) is 5.91 Å². The number of benzene rings is 2. The fraction of sp³-hybridized carbons (Fsp3) is 0.176. The molecule has 3 rings (SSSR count). The van der Waals surface area contributed by atoms with E-state index < -0.39 is 0 Å². The Bertz CT molecular complexity index is 901. The van der Waals surface area contributed by atoms with Crippen molar-refractivity contribution < 1.29 is 4.79 Å². The molecule has 0 saturated heterocycles. The van der Waals surface area contributed by atoms with Crippen LogP contribution in [0.2, 0.25) is 0 Å². The van der Waals surface area contributed by atoms with Crippen LogP contribution in [0.15, 0.2) is 42.5 Å². The molecule has 0 fully saturated rings. The van der Waals surface area contributed by atoms with Crippen LogP contribution in [0.5, 0.6) is 0 Å². The zero-order valence-electron chi connectivity index (χ0n) is 13.4. The van der Waals surface area contributed by atoms with E-state index in [0.717, 1.165) is 28.8 Å². The molecule has 1 amide bonds. The van der Waals surface area contributed by atoms with E-state index in [1.54, 1.807) is 4.80 Å². The number of aryl methyl sites for hydroxylation is 1. The van der Waals surface area contributed by atoms with Gasteiger partial charge in [0.05, 0.1) is 5.69 Å². The van der Waals surface area contributed by atoms with Crippen LogP contribution in [-0.4, -0.2) is 26.0 Å². The predicted octanol–water partition coefficient (Wildman–Crippen LogP) is 2.82. The van der Waals surface area contributed by atoms with Gasteiger partial charge in [-0.05, 0) is 54.5 Å². The average Bonchev–Trinajstić information content (AvgIpc) is 2.97. The topological polar surface area (TPSA) is 71.8 Å². The zero-order chi connectivity index (χ0) is 17.1. The molecule has 0 radical (unpaired) electrons. The Balaban J connectivity index is 1.85. The molecule has 0 aliphatic rings. The van der Waals surface area contributed by atoms with Gasteiger partial charge in [0.15, 0.2) is 5.11 Å². The lowest BCUT2D eigenvalue weighted by Gasteiger charge is -2.07. The first kappa shape index (κ1) is 16.1. The molecule has 2 N–H and O–H groups in total. The number of hydrogen-bond acceptors (Lipinski definition) is 4. The van der Waals surface area contributed by atoms with E-state index in [1.807, 2.05) is 30.3 Å². The maximum absolute atomic E-state index is 11.0. The summed E-state index contributed by atoms with van der Waals surface area (Å²) < 4.78 is 0. The molecule has 1 heterocycles. The predicted molar refractivity (Wildman–Crippen MR) is 98.3 cm³/mol. The highest BCUT2D eigenvalue weighted by atomic mass is 32.1. The number of amides is 1. The van der Waals surface area contributed by atoms with Gasteiger partial charge in [0.1, 0.15) is 11.0 Å². The van der Waals surface area contributed by atoms with Gasteiger partial charge < -0.3 is 10.6 Å². The van der Waals surface area contributed by atoms with Crippen molar-refractivity contribution in [1.82, 2.24) is 20.3 Å². The second-order valence-corrected chi connectivity index (χ2v) is 5.76. The van der Waals surface area contributed by atoms with Crippen LogP contribution in [0.25, 0.3) is 16.7 Å². The number of hydrogen-bond donors (Lipinski definition) is 2. The fourth-order valence-corrected chi connectivity index (χ4v) is 2.56. The first-order valence-corrected chi connectivity index (χ1v) is 8.01. The molecular weight excluding hydrogens is 322 g/mol. The molecule has 3 aromatic rings. The number of nitrogens with one attached hydrogen (secondary N) is 2. The lowest BCUT2D eigenvalue weighted by Crippen LogP contribution is -2.32. The largest absolute Gasteiger partial charge is 0.332 e. The minimum atomic E-state index is -0.213. The molecule has 7 heteroatoms. The van der Waals surface area contributed by atoms with Crippen LogP contribution in [0.4, 0.5) is 5.69 Å². The van der Waals surface area contributed by atoms with Gasteiger partial charge >= 0.3 is 0 Å². The van der Waals surface area contributed by atoms with Crippen molar-refractivity contribution in [3.8, 4) is 5.69 Å². The van der Waals surface area contributed by atoms with Crippen LogP contribution in [0.1, 0.15) is 19.4 Å². The molecule has 1 aromatic heterocycles. The van der Waals surface area contributed by atoms with Crippen LogP contribution in [-0.2, 0) is 11.2 Å². The molecule has 0 atom stereocenters. The Kier molecular flexibility index (Phi) is 4.52.